The Morgan fingerprint density at radius 2 is 1.80 bits per heavy atom. The van der Waals surface area contributed by atoms with Gasteiger partial charge in [0.25, 0.3) is 5.56 Å². The van der Waals surface area contributed by atoms with Crippen LogP contribution in [0.3, 0.4) is 0 Å². The molecule has 0 aromatic carbocycles. The van der Waals surface area contributed by atoms with Gasteiger partial charge in [-0.3, -0.25) is 13.9 Å². The van der Waals surface area contributed by atoms with Crippen LogP contribution in [-0.2, 0) is 6.54 Å². The van der Waals surface area contributed by atoms with Gasteiger partial charge < -0.3 is 5.11 Å². The van der Waals surface area contributed by atoms with E-state index in [0.29, 0.717) is 12.5 Å². The molecular weight excluding hydrogens is 256 g/mol. The summed E-state index contributed by atoms with van der Waals surface area (Å²) in [5.41, 5.74) is -0.690. The molecule has 0 atom stereocenters. The smallest absolute Gasteiger partial charge is 0.334 e. The molecule has 1 aromatic heterocycles. The molecule has 0 bridgehead atoms. The van der Waals surface area contributed by atoms with E-state index in [1.54, 1.807) is 0 Å². The van der Waals surface area contributed by atoms with Crippen molar-refractivity contribution in [3.63, 3.8) is 0 Å². The van der Waals surface area contributed by atoms with E-state index in [2.05, 4.69) is 0 Å². The van der Waals surface area contributed by atoms with Gasteiger partial charge in [-0.15, -0.1) is 0 Å². The summed E-state index contributed by atoms with van der Waals surface area (Å²) < 4.78 is 2.74. The molecule has 110 valence electrons. The topological polar surface area (TPSA) is 64.2 Å². The standard InChI is InChI=1S/C15H22N2O3/c18-13-10-14(19)17(12-4-2-1-3-5-12)15(20)16(13)9-8-11-6-7-11/h10-12,18H,1-9H2. The monoisotopic (exact) mass is 278 g/mol. The van der Waals surface area contributed by atoms with Gasteiger partial charge in [-0.2, -0.15) is 0 Å². The predicted octanol–water partition coefficient (Wildman–Crippen LogP) is 2.02. The lowest BCUT2D eigenvalue weighted by Gasteiger charge is -2.24. The number of rotatable bonds is 4. The van der Waals surface area contributed by atoms with Crippen molar-refractivity contribution < 1.29 is 5.11 Å². The van der Waals surface area contributed by atoms with Crippen LogP contribution in [0.5, 0.6) is 5.88 Å². The lowest BCUT2D eigenvalue weighted by atomic mass is 9.95. The van der Waals surface area contributed by atoms with E-state index in [0.717, 1.165) is 32.1 Å². The normalized spacial score (nSPS) is 20.2. The summed E-state index contributed by atoms with van der Waals surface area (Å²) in [5, 5.41) is 9.88. The average molecular weight is 278 g/mol. The molecule has 0 amide bonds. The van der Waals surface area contributed by atoms with E-state index in [9.17, 15) is 14.7 Å². The summed E-state index contributed by atoms with van der Waals surface area (Å²) in [6.45, 7) is 0.516. The SMILES string of the molecule is O=c1cc(O)n(CCC2CC2)c(=O)n1C1CCCCC1. The molecule has 20 heavy (non-hydrogen) atoms. The Kier molecular flexibility index (Phi) is 3.68. The lowest BCUT2D eigenvalue weighted by Crippen LogP contribution is -2.42. The minimum atomic E-state index is -0.359. The second-order valence-electron chi connectivity index (χ2n) is 6.17. The third kappa shape index (κ3) is 2.67. The number of nitrogens with zero attached hydrogens (tertiary/aromatic N) is 2. The van der Waals surface area contributed by atoms with Gasteiger partial charge in [0.05, 0.1) is 6.07 Å². The van der Waals surface area contributed by atoms with Crippen molar-refractivity contribution in [1.82, 2.24) is 9.13 Å². The van der Waals surface area contributed by atoms with Crippen LogP contribution in [0.1, 0.15) is 57.4 Å². The minimum absolute atomic E-state index is 0.0107. The van der Waals surface area contributed by atoms with Crippen LogP contribution in [0.15, 0.2) is 15.7 Å². The fourth-order valence-corrected chi connectivity index (χ4v) is 3.18. The van der Waals surface area contributed by atoms with Crippen LogP contribution in [0.25, 0.3) is 0 Å². The van der Waals surface area contributed by atoms with Gasteiger partial charge in [-0.25, -0.2) is 4.79 Å². The zero-order chi connectivity index (χ0) is 14.1. The van der Waals surface area contributed by atoms with E-state index < -0.39 is 0 Å². The molecule has 0 spiro atoms. The predicted molar refractivity (Wildman–Crippen MR) is 76.1 cm³/mol. The second kappa shape index (κ2) is 5.46. The van der Waals surface area contributed by atoms with Crippen molar-refractivity contribution in [2.75, 3.05) is 0 Å². The van der Waals surface area contributed by atoms with Crippen LogP contribution in [0.4, 0.5) is 0 Å². The highest BCUT2D eigenvalue weighted by molar-refractivity contribution is 5.08. The summed E-state index contributed by atoms with van der Waals surface area (Å²) in [7, 11) is 0. The van der Waals surface area contributed by atoms with Crippen molar-refractivity contribution >= 4 is 0 Å². The van der Waals surface area contributed by atoms with E-state index in [4.69, 9.17) is 0 Å². The Balaban J connectivity index is 1.93. The third-order valence-corrected chi connectivity index (χ3v) is 4.60. The van der Waals surface area contributed by atoms with Gasteiger partial charge in [-0.1, -0.05) is 32.1 Å². The Morgan fingerprint density at radius 1 is 1.10 bits per heavy atom. The molecule has 5 nitrogen and oxygen atoms in total. The largest absolute Gasteiger partial charge is 0.494 e. The van der Waals surface area contributed by atoms with Gasteiger partial charge in [0, 0.05) is 12.6 Å². The Bertz CT molecular complexity index is 592. The molecule has 0 radical (unpaired) electrons. The van der Waals surface area contributed by atoms with Crippen molar-refractivity contribution in [2.24, 2.45) is 5.92 Å². The first-order chi connectivity index (χ1) is 9.66. The fourth-order valence-electron chi connectivity index (χ4n) is 3.18. The zero-order valence-corrected chi connectivity index (χ0v) is 11.8. The third-order valence-electron chi connectivity index (χ3n) is 4.60. The maximum Gasteiger partial charge on any atom is 0.334 e. The van der Waals surface area contributed by atoms with Crippen molar-refractivity contribution in [2.45, 2.75) is 64.0 Å². The van der Waals surface area contributed by atoms with Gasteiger partial charge in [0.15, 0.2) is 0 Å². The molecule has 2 saturated carbocycles. The van der Waals surface area contributed by atoms with Gasteiger partial charge >= 0.3 is 5.69 Å². The van der Waals surface area contributed by atoms with Gasteiger partial charge in [0.1, 0.15) is 0 Å². The van der Waals surface area contributed by atoms with Crippen LogP contribution in [0.2, 0.25) is 0 Å². The molecule has 3 rings (SSSR count). The van der Waals surface area contributed by atoms with Crippen LogP contribution in [-0.4, -0.2) is 14.2 Å². The number of aromatic nitrogens is 2. The zero-order valence-electron chi connectivity index (χ0n) is 11.8. The molecular formula is C15H22N2O3. The molecule has 5 heteroatoms. The molecule has 0 saturated heterocycles. The summed E-state index contributed by atoms with van der Waals surface area (Å²) in [5.74, 6) is 0.504. The lowest BCUT2D eigenvalue weighted by molar-refractivity contribution is 0.314. The first kappa shape index (κ1) is 13.5. The Labute approximate surface area is 117 Å². The van der Waals surface area contributed by atoms with E-state index in [-0.39, 0.29) is 23.2 Å². The van der Waals surface area contributed by atoms with Gasteiger partial charge in [0.2, 0.25) is 5.88 Å². The molecule has 2 aliphatic carbocycles. The highest BCUT2D eigenvalue weighted by Gasteiger charge is 2.24. The summed E-state index contributed by atoms with van der Waals surface area (Å²) in [4.78, 5) is 24.6. The van der Waals surface area contributed by atoms with Crippen molar-refractivity contribution in [1.29, 1.82) is 0 Å². The second-order valence-corrected chi connectivity index (χ2v) is 6.17. The molecule has 1 aromatic rings. The highest BCUT2D eigenvalue weighted by Crippen LogP contribution is 2.33. The first-order valence-corrected chi connectivity index (χ1v) is 7.72. The fraction of sp³-hybridized carbons (Fsp3) is 0.733. The van der Waals surface area contributed by atoms with Crippen LogP contribution in [0, 0.1) is 5.92 Å². The van der Waals surface area contributed by atoms with Crippen molar-refractivity contribution in [3.05, 3.63) is 26.9 Å². The Hall–Kier alpha value is -1.52. The van der Waals surface area contributed by atoms with Crippen molar-refractivity contribution in [3.8, 4) is 5.88 Å². The average Bonchev–Trinajstić information content (AvgIpc) is 3.23. The molecule has 2 aliphatic rings. The summed E-state index contributed by atoms with van der Waals surface area (Å²) in [6, 6.07) is 1.21. The van der Waals surface area contributed by atoms with Crippen LogP contribution >= 0.6 is 0 Å². The van der Waals surface area contributed by atoms with E-state index >= 15 is 0 Å². The van der Waals surface area contributed by atoms with E-state index in [1.165, 1.54) is 34.5 Å². The molecule has 1 heterocycles. The summed E-state index contributed by atoms with van der Waals surface area (Å²) in [6.07, 6.45) is 8.45. The maximum atomic E-state index is 12.5. The Morgan fingerprint density at radius 3 is 2.45 bits per heavy atom. The maximum absolute atomic E-state index is 12.5. The molecule has 2 fully saturated rings. The first-order valence-electron chi connectivity index (χ1n) is 7.72. The van der Waals surface area contributed by atoms with Crippen LogP contribution < -0.4 is 11.2 Å². The molecule has 0 unspecified atom stereocenters. The minimum Gasteiger partial charge on any atom is -0.494 e. The number of aromatic hydroxyl groups is 1. The molecule has 0 aliphatic heterocycles. The molecule has 1 N–H and O–H groups in total. The quantitative estimate of drug-likeness (QED) is 0.916. The van der Waals surface area contributed by atoms with Gasteiger partial charge in [-0.05, 0) is 25.2 Å². The number of hydrogen-bond donors (Lipinski definition) is 1. The summed E-state index contributed by atoms with van der Waals surface area (Å²) >= 11 is 0. The number of hydrogen-bond acceptors (Lipinski definition) is 3. The highest BCUT2D eigenvalue weighted by atomic mass is 16.3. The van der Waals surface area contributed by atoms with E-state index in [1.807, 2.05) is 0 Å².